The van der Waals surface area contributed by atoms with Crippen molar-refractivity contribution < 1.29 is 14.9 Å². The molecule has 3 nitrogen and oxygen atoms in total. The minimum atomic E-state index is -0.791. The third-order valence-electron chi connectivity index (χ3n) is 6.41. The fraction of sp³-hybridized carbons (Fsp3) is 0.882. The van der Waals surface area contributed by atoms with Gasteiger partial charge in [-0.3, -0.25) is 0 Å². The summed E-state index contributed by atoms with van der Waals surface area (Å²) in [5.41, 5.74) is -0.454. The van der Waals surface area contributed by atoms with Crippen molar-refractivity contribution >= 4 is 0 Å². The summed E-state index contributed by atoms with van der Waals surface area (Å²) < 4.78 is 6.57. The van der Waals surface area contributed by atoms with E-state index in [0.717, 1.165) is 31.3 Å². The molecule has 0 aromatic carbocycles. The molecular formula is C17H28O3. The van der Waals surface area contributed by atoms with Crippen LogP contribution in [0, 0.1) is 11.3 Å². The van der Waals surface area contributed by atoms with Crippen molar-refractivity contribution in [3.63, 3.8) is 0 Å². The van der Waals surface area contributed by atoms with Gasteiger partial charge in [-0.15, -0.1) is 0 Å². The predicted octanol–water partition coefficient (Wildman–Crippen LogP) is 2.80. The molecule has 2 aliphatic carbocycles. The van der Waals surface area contributed by atoms with Crippen LogP contribution >= 0.6 is 0 Å². The van der Waals surface area contributed by atoms with E-state index in [1.807, 2.05) is 13.0 Å². The maximum atomic E-state index is 10.8. The molecule has 1 unspecified atom stereocenters. The molecule has 3 rings (SSSR count). The molecule has 2 fully saturated rings. The van der Waals surface area contributed by atoms with Gasteiger partial charge in [0.05, 0.1) is 23.4 Å². The Balaban J connectivity index is 2.13. The van der Waals surface area contributed by atoms with Gasteiger partial charge >= 0.3 is 0 Å². The van der Waals surface area contributed by atoms with Crippen LogP contribution in [0.15, 0.2) is 11.6 Å². The third kappa shape index (κ3) is 1.69. The number of rotatable bonds is 2. The van der Waals surface area contributed by atoms with Gasteiger partial charge in [0.15, 0.2) is 0 Å². The molecule has 1 saturated carbocycles. The maximum absolute atomic E-state index is 10.8. The van der Waals surface area contributed by atoms with Crippen LogP contribution in [0.1, 0.15) is 59.8 Å². The molecule has 0 amide bonds. The predicted molar refractivity (Wildman–Crippen MR) is 78.4 cm³/mol. The van der Waals surface area contributed by atoms with E-state index in [1.165, 1.54) is 0 Å². The average Bonchev–Trinajstić information content (AvgIpc) is 2.61. The van der Waals surface area contributed by atoms with E-state index >= 15 is 0 Å². The molecular weight excluding hydrogens is 252 g/mol. The van der Waals surface area contributed by atoms with Gasteiger partial charge in [0.25, 0.3) is 0 Å². The Labute approximate surface area is 122 Å². The van der Waals surface area contributed by atoms with Crippen LogP contribution in [0.3, 0.4) is 0 Å². The van der Waals surface area contributed by atoms with Gasteiger partial charge < -0.3 is 14.9 Å². The molecule has 114 valence electrons. The van der Waals surface area contributed by atoms with Gasteiger partial charge in [0.2, 0.25) is 0 Å². The van der Waals surface area contributed by atoms with Gasteiger partial charge in [-0.25, -0.2) is 0 Å². The molecule has 1 aliphatic heterocycles. The zero-order valence-corrected chi connectivity index (χ0v) is 13.2. The van der Waals surface area contributed by atoms with Crippen molar-refractivity contribution in [3.8, 4) is 0 Å². The first-order valence-electron chi connectivity index (χ1n) is 7.96. The number of hydrogen-bond donors (Lipinski definition) is 2. The number of aliphatic hydroxyl groups is 2. The zero-order valence-electron chi connectivity index (χ0n) is 13.2. The molecule has 2 bridgehead atoms. The SMILES string of the molecule is CC[C@]1(O)C=C(CO)[C@@]23CC(CC[C@]2(C)C1)C(C)(C)O3. The second-order valence-corrected chi connectivity index (χ2v) is 7.99. The van der Waals surface area contributed by atoms with Crippen LogP contribution in [-0.4, -0.2) is 33.6 Å². The number of hydrogen-bond acceptors (Lipinski definition) is 3. The molecule has 20 heavy (non-hydrogen) atoms. The van der Waals surface area contributed by atoms with Crippen LogP contribution in [0.25, 0.3) is 0 Å². The van der Waals surface area contributed by atoms with E-state index in [-0.39, 0.29) is 23.2 Å². The molecule has 3 aliphatic rings. The maximum Gasteiger partial charge on any atom is 0.0980 e. The number of aliphatic hydroxyl groups excluding tert-OH is 1. The average molecular weight is 280 g/mol. The van der Waals surface area contributed by atoms with Gasteiger partial charge in [0.1, 0.15) is 0 Å². The Hall–Kier alpha value is -0.380. The molecule has 1 heterocycles. The van der Waals surface area contributed by atoms with Crippen molar-refractivity contribution in [3.05, 3.63) is 11.6 Å². The fourth-order valence-corrected chi connectivity index (χ4v) is 5.06. The van der Waals surface area contributed by atoms with Crippen LogP contribution in [-0.2, 0) is 4.74 Å². The monoisotopic (exact) mass is 280 g/mol. The molecule has 3 heteroatoms. The van der Waals surface area contributed by atoms with Crippen molar-refractivity contribution in [2.75, 3.05) is 6.61 Å². The molecule has 1 spiro atoms. The highest BCUT2D eigenvalue weighted by molar-refractivity contribution is 5.35. The fourth-order valence-electron chi connectivity index (χ4n) is 5.06. The summed E-state index contributed by atoms with van der Waals surface area (Å²) in [6.45, 7) is 8.59. The lowest BCUT2D eigenvalue weighted by Gasteiger charge is -2.55. The minimum Gasteiger partial charge on any atom is -0.392 e. The van der Waals surface area contributed by atoms with Gasteiger partial charge in [0, 0.05) is 5.41 Å². The first kappa shape index (κ1) is 14.6. The summed E-state index contributed by atoms with van der Waals surface area (Å²) in [5, 5.41) is 20.7. The van der Waals surface area contributed by atoms with E-state index in [2.05, 4.69) is 20.8 Å². The largest absolute Gasteiger partial charge is 0.392 e. The second kappa shape index (κ2) is 4.08. The van der Waals surface area contributed by atoms with Crippen LogP contribution in [0.2, 0.25) is 0 Å². The van der Waals surface area contributed by atoms with Gasteiger partial charge in [-0.2, -0.15) is 0 Å². The quantitative estimate of drug-likeness (QED) is 0.765. The van der Waals surface area contributed by atoms with E-state index in [1.54, 1.807) is 0 Å². The lowest BCUT2D eigenvalue weighted by atomic mass is 9.53. The molecule has 0 aromatic rings. The lowest BCUT2D eigenvalue weighted by Crippen LogP contribution is -2.57. The van der Waals surface area contributed by atoms with Crippen molar-refractivity contribution in [1.29, 1.82) is 0 Å². The normalized spacial score (nSPS) is 49.7. The number of fused-ring (bicyclic) bond motifs is 1. The summed E-state index contributed by atoms with van der Waals surface area (Å²) in [4.78, 5) is 0. The summed E-state index contributed by atoms with van der Waals surface area (Å²) in [7, 11) is 0. The highest BCUT2D eigenvalue weighted by atomic mass is 16.5. The molecule has 0 aromatic heterocycles. The van der Waals surface area contributed by atoms with Crippen molar-refractivity contribution in [2.45, 2.75) is 76.6 Å². The Morgan fingerprint density at radius 2 is 2.05 bits per heavy atom. The highest BCUT2D eigenvalue weighted by Crippen LogP contribution is 2.65. The molecule has 4 atom stereocenters. The van der Waals surface area contributed by atoms with Crippen LogP contribution in [0.4, 0.5) is 0 Å². The Morgan fingerprint density at radius 1 is 1.35 bits per heavy atom. The summed E-state index contributed by atoms with van der Waals surface area (Å²) in [6.07, 6.45) is 6.55. The van der Waals surface area contributed by atoms with Gasteiger partial charge in [-0.05, 0) is 63.5 Å². The molecule has 0 radical (unpaired) electrons. The Morgan fingerprint density at radius 3 is 2.65 bits per heavy atom. The summed E-state index contributed by atoms with van der Waals surface area (Å²) >= 11 is 0. The third-order valence-corrected chi connectivity index (χ3v) is 6.41. The first-order chi connectivity index (χ1) is 9.20. The highest BCUT2D eigenvalue weighted by Gasteiger charge is 2.66. The summed E-state index contributed by atoms with van der Waals surface area (Å²) in [5.74, 6) is 0.554. The van der Waals surface area contributed by atoms with Crippen molar-refractivity contribution in [1.82, 2.24) is 0 Å². The first-order valence-corrected chi connectivity index (χ1v) is 7.96. The lowest BCUT2D eigenvalue weighted by molar-refractivity contribution is -0.156. The Bertz CT molecular complexity index is 455. The second-order valence-electron chi connectivity index (χ2n) is 7.99. The van der Waals surface area contributed by atoms with Crippen LogP contribution < -0.4 is 0 Å². The molecule has 1 saturated heterocycles. The van der Waals surface area contributed by atoms with Crippen LogP contribution in [0.5, 0.6) is 0 Å². The molecule has 2 N–H and O–H groups in total. The van der Waals surface area contributed by atoms with Gasteiger partial charge in [-0.1, -0.05) is 13.8 Å². The van der Waals surface area contributed by atoms with E-state index in [9.17, 15) is 10.2 Å². The Kier molecular flexibility index (Phi) is 2.97. The van der Waals surface area contributed by atoms with E-state index < -0.39 is 5.60 Å². The zero-order chi connectivity index (χ0) is 14.8. The minimum absolute atomic E-state index is 0.0132. The van der Waals surface area contributed by atoms with E-state index in [0.29, 0.717) is 12.3 Å². The standard InChI is InChI=1S/C17H28O3/c1-5-16(19)8-13(10-18)17-9-12(14(2,3)20-17)6-7-15(17,4)11-16/h8,12,18-19H,5-7,9-11H2,1-4H3/t12?,15-,16+,17+/m1/s1. The smallest absolute Gasteiger partial charge is 0.0980 e. The summed E-state index contributed by atoms with van der Waals surface area (Å²) in [6, 6.07) is 0. The van der Waals surface area contributed by atoms with Crippen molar-refractivity contribution in [2.24, 2.45) is 11.3 Å². The topological polar surface area (TPSA) is 49.7 Å². The number of ether oxygens (including phenoxy) is 1. The van der Waals surface area contributed by atoms with E-state index in [4.69, 9.17) is 4.74 Å².